The number of aromatic nitrogens is 1. The minimum Gasteiger partial charge on any atom is -0.480 e. The van der Waals surface area contributed by atoms with Crippen molar-refractivity contribution in [3.05, 3.63) is 94.3 Å². The van der Waals surface area contributed by atoms with Gasteiger partial charge in [-0.15, -0.1) is 0 Å². The monoisotopic (exact) mass is 461 g/mol. The number of pyridine rings is 1. The molecule has 3 rings (SSSR count). The van der Waals surface area contributed by atoms with Gasteiger partial charge in [0.1, 0.15) is 6.04 Å². The van der Waals surface area contributed by atoms with Gasteiger partial charge in [0.05, 0.1) is 11.1 Å². The van der Waals surface area contributed by atoms with Gasteiger partial charge in [0, 0.05) is 30.1 Å². The van der Waals surface area contributed by atoms with Crippen LogP contribution in [0.3, 0.4) is 0 Å². The van der Waals surface area contributed by atoms with Crippen molar-refractivity contribution in [3.63, 3.8) is 0 Å². The van der Waals surface area contributed by atoms with E-state index in [9.17, 15) is 29.4 Å². The Morgan fingerprint density at radius 1 is 0.882 bits per heavy atom. The molecule has 1 heterocycles. The fourth-order valence-corrected chi connectivity index (χ4v) is 3.52. The lowest BCUT2D eigenvalue weighted by Gasteiger charge is -2.17. The van der Waals surface area contributed by atoms with E-state index < -0.39 is 29.8 Å². The maximum atomic E-state index is 12.7. The molecule has 0 radical (unpaired) electrons. The van der Waals surface area contributed by atoms with E-state index in [0.717, 1.165) is 11.1 Å². The van der Waals surface area contributed by atoms with Crippen molar-refractivity contribution in [2.75, 3.05) is 5.32 Å². The summed E-state index contributed by atoms with van der Waals surface area (Å²) in [4.78, 5) is 52.0. The summed E-state index contributed by atoms with van der Waals surface area (Å²) in [7, 11) is 0. The highest BCUT2D eigenvalue weighted by atomic mass is 16.4. The van der Waals surface area contributed by atoms with Gasteiger partial charge in [0.2, 0.25) is 0 Å². The number of aromatic carboxylic acids is 1. The van der Waals surface area contributed by atoms with E-state index in [0.29, 0.717) is 16.8 Å². The SMILES string of the molecule is Cc1cccc(C)c1C(=O)NC(Cc1ccc(NC(=O)c2cnccc2C(=O)O)cc1)C(=O)O. The van der Waals surface area contributed by atoms with Gasteiger partial charge in [-0.1, -0.05) is 30.3 Å². The van der Waals surface area contributed by atoms with Crippen molar-refractivity contribution in [1.82, 2.24) is 10.3 Å². The summed E-state index contributed by atoms with van der Waals surface area (Å²) in [6, 6.07) is 11.9. The lowest BCUT2D eigenvalue weighted by molar-refractivity contribution is -0.139. The van der Waals surface area contributed by atoms with E-state index in [1.165, 1.54) is 18.5 Å². The van der Waals surface area contributed by atoms with Crippen LogP contribution in [-0.4, -0.2) is 45.0 Å². The maximum absolute atomic E-state index is 12.7. The highest BCUT2D eigenvalue weighted by Gasteiger charge is 2.23. The summed E-state index contributed by atoms with van der Waals surface area (Å²) < 4.78 is 0. The Morgan fingerprint density at radius 3 is 2.12 bits per heavy atom. The van der Waals surface area contributed by atoms with E-state index in [2.05, 4.69) is 15.6 Å². The van der Waals surface area contributed by atoms with Crippen molar-refractivity contribution < 1.29 is 29.4 Å². The number of hydrogen-bond acceptors (Lipinski definition) is 5. The summed E-state index contributed by atoms with van der Waals surface area (Å²) in [5.74, 6) is -3.51. The minimum atomic E-state index is -1.24. The number of hydrogen-bond donors (Lipinski definition) is 4. The van der Waals surface area contributed by atoms with Crippen molar-refractivity contribution >= 4 is 29.4 Å². The molecule has 34 heavy (non-hydrogen) atoms. The molecular weight excluding hydrogens is 438 g/mol. The van der Waals surface area contributed by atoms with Crippen LogP contribution in [0.15, 0.2) is 60.9 Å². The molecule has 2 amide bonds. The Labute approximate surface area is 195 Å². The number of aliphatic carboxylic acids is 1. The van der Waals surface area contributed by atoms with Crippen LogP contribution in [0.2, 0.25) is 0 Å². The molecule has 174 valence electrons. The highest BCUT2D eigenvalue weighted by Crippen LogP contribution is 2.16. The van der Waals surface area contributed by atoms with Crippen molar-refractivity contribution in [3.8, 4) is 0 Å². The second-order valence-corrected chi connectivity index (χ2v) is 7.71. The smallest absolute Gasteiger partial charge is 0.336 e. The number of benzene rings is 2. The van der Waals surface area contributed by atoms with Gasteiger partial charge >= 0.3 is 11.9 Å². The molecule has 0 bridgehead atoms. The molecule has 1 atom stereocenters. The molecule has 1 unspecified atom stereocenters. The molecule has 0 fully saturated rings. The molecule has 2 aromatic carbocycles. The third kappa shape index (κ3) is 5.63. The quantitative estimate of drug-likeness (QED) is 0.403. The van der Waals surface area contributed by atoms with E-state index in [-0.39, 0.29) is 17.5 Å². The second-order valence-electron chi connectivity index (χ2n) is 7.71. The number of rotatable bonds is 8. The standard InChI is InChI=1S/C25H23N3O6/c1-14-4-3-5-15(2)21(14)23(30)28-20(25(33)34)12-16-6-8-17(9-7-16)27-22(29)19-13-26-11-10-18(19)24(31)32/h3-11,13,20H,12H2,1-2H3,(H,27,29)(H,28,30)(H,31,32)(H,33,34). The minimum absolute atomic E-state index is 0.0337. The summed E-state index contributed by atoms with van der Waals surface area (Å²) in [6.07, 6.45) is 2.49. The molecule has 0 aliphatic carbocycles. The van der Waals surface area contributed by atoms with Crippen molar-refractivity contribution in [2.24, 2.45) is 0 Å². The Balaban J connectivity index is 1.70. The van der Waals surface area contributed by atoms with Crippen LogP contribution in [-0.2, 0) is 11.2 Å². The van der Waals surface area contributed by atoms with E-state index in [1.54, 1.807) is 50.2 Å². The number of carbonyl (C=O) groups excluding carboxylic acids is 2. The van der Waals surface area contributed by atoms with Gasteiger partial charge in [0.15, 0.2) is 0 Å². The number of amides is 2. The highest BCUT2D eigenvalue weighted by molar-refractivity contribution is 6.10. The number of nitrogens with zero attached hydrogens (tertiary/aromatic N) is 1. The largest absolute Gasteiger partial charge is 0.480 e. The third-order valence-corrected chi connectivity index (χ3v) is 5.26. The topological polar surface area (TPSA) is 146 Å². The normalized spacial score (nSPS) is 11.4. The third-order valence-electron chi connectivity index (χ3n) is 5.26. The van der Waals surface area contributed by atoms with Gasteiger partial charge in [-0.2, -0.15) is 0 Å². The molecule has 3 aromatic rings. The number of carboxylic acid groups (broad SMARTS) is 2. The molecule has 1 aromatic heterocycles. The van der Waals surface area contributed by atoms with Crippen LogP contribution in [0.25, 0.3) is 0 Å². The van der Waals surface area contributed by atoms with E-state index >= 15 is 0 Å². The molecule has 0 saturated carbocycles. The molecule has 0 spiro atoms. The summed E-state index contributed by atoms with van der Waals surface area (Å²) >= 11 is 0. The number of carboxylic acids is 2. The number of aryl methyl sites for hydroxylation is 2. The predicted molar refractivity (Wildman–Crippen MR) is 124 cm³/mol. The van der Waals surface area contributed by atoms with Crippen LogP contribution < -0.4 is 10.6 Å². The lowest BCUT2D eigenvalue weighted by atomic mass is 10.0. The first kappa shape index (κ1) is 24.1. The molecule has 0 aliphatic heterocycles. The molecule has 4 N–H and O–H groups in total. The Hall–Kier alpha value is -4.53. The number of nitrogens with one attached hydrogen (secondary N) is 2. The Kier molecular flexibility index (Phi) is 7.37. The fraction of sp³-hybridized carbons (Fsp3) is 0.160. The van der Waals surface area contributed by atoms with Crippen LogP contribution in [0.4, 0.5) is 5.69 Å². The average Bonchev–Trinajstić information content (AvgIpc) is 2.79. The molecule has 0 aliphatic rings. The fourth-order valence-electron chi connectivity index (χ4n) is 3.52. The van der Waals surface area contributed by atoms with Crippen LogP contribution >= 0.6 is 0 Å². The van der Waals surface area contributed by atoms with Crippen molar-refractivity contribution in [1.29, 1.82) is 0 Å². The first-order chi connectivity index (χ1) is 16.2. The van der Waals surface area contributed by atoms with E-state index in [4.69, 9.17) is 0 Å². The van der Waals surface area contributed by atoms with Gasteiger partial charge in [-0.05, 0) is 48.7 Å². The Bertz CT molecular complexity index is 1230. The molecular formula is C25H23N3O6. The summed E-state index contributed by atoms with van der Waals surface area (Å²) in [6.45, 7) is 3.57. The molecule has 9 nitrogen and oxygen atoms in total. The Morgan fingerprint density at radius 2 is 1.53 bits per heavy atom. The zero-order valence-corrected chi connectivity index (χ0v) is 18.5. The second kappa shape index (κ2) is 10.4. The number of carbonyl (C=O) groups is 4. The lowest BCUT2D eigenvalue weighted by Crippen LogP contribution is -2.42. The van der Waals surface area contributed by atoms with Crippen molar-refractivity contribution in [2.45, 2.75) is 26.3 Å². The van der Waals surface area contributed by atoms with Crippen LogP contribution in [0.5, 0.6) is 0 Å². The van der Waals surface area contributed by atoms with Gasteiger partial charge in [-0.3, -0.25) is 14.6 Å². The van der Waals surface area contributed by atoms with Crippen LogP contribution in [0.1, 0.15) is 47.8 Å². The van der Waals surface area contributed by atoms with Gasteiger partial charge in [-0.25, -0.2) is 9.59 Å². The van der Waals surface area contributed by atoms with Gasteiger partial charge < -0.3 is 20.8 Å². The van der Waals surface area contributed by atoms with Gasteiger partial charge in [0.25, 0.3) is 11.8 Å². The first-order valence-corrected chi connectivity index (χ1v) is 10.3. The number of anilines is 1. The zero-order chi connectivity index (χ0) is 24.8. The van der Waals surface area contributed by atoms with E-state index in [1.807, 2.05) is 6.07 Å². The molecule has 9 heteroatoms. The predicted octanol–water partition coefficient (Wildman–Crippen LogP) is 3.07. The summed E-state index contributed by atoms with van der Waals surface area (Å²) in [5.41, 5.74) is 2.71. The summed E-state index contributed by atoms with van der Waals surface area (Å²) in [5, 5.41) is 24.0. The maximum Gasteiger partial charge on any atom is 0.336 e. The average molecular weight is 461 g/mol. The zero-order valence-electron chi connectivity index (χ0n) is 18.5. The van der Waals surface area contributed by atoms with Crippen LogP contribution in [0, 0.1) is 13.8 Å². The first-order valence-electron chi connectivity index (χ1n) is 10.3. The molecule has 0 saturated heterocycles.